The predicted octanol–water partition coefficient (Wildman–Crippen LogP) is 5.29. The van der Waals surface area contributed by atoms with Crippen molar-refractivity contribution >= 4 is 39.1 Å². The van der Waals surface area contributed by atoms with Crippen LogP contribution in [0.25, 0.3) is 15.9 Å². The lowest BCUT2D eigenvalue weighted by molar-refractivity contribution is 0.0955. The van der Waals surface area contributed by atoms with Gasteiger partial charge < -0.3 is 9.88 Å². The van der Waals surface area contributed by atoms with Gasteiger partial charge in [0.05, 0.1) is 5.69 Å². The Balaban J connectivity index is 1.73. The van der Waals surface area contributed by atoms with Crippen LogP contribution in [0.3, 0.4) is 0 Å². The van der Waals surface area contributed by atoms with Crippen LogP contribution in [0.5, 0.6) is 0 Å². The van der Waals surface area contributed by atoms with Crippen LogP contribution in [0, 0.1) is 13.8 Å². The summed E-state index contributed by atoms with van der Waals surface area (Å²) in [6.45, 7) is 4.53. The van der Waals surface area contributed by atoms with Crippen LogP contribution in [-0.4, -0.2) is 15.5 Å². The van der Waals surface area contributed by atoms with Gasteiger partial charge in [0.2, 0.25) is 0 Å². The standard InChI is InChI=1S/C21H18ClN3OS/c1-13-5-6-14(2)25(13)18-17-4-3-11-23-21(17)27-19(18)20(26)24-12-15-7-9-16(22)10-8-15/h3-11H,12H2,1-2H3,(H,24,26). The second-order valence-corrected chi connectivity index (χ2v) is 7.83. The molecule has 0 radical (unpaired) electrons. The largest absolute Gasteiger partial charge is 0.347 e. The Morgan fingerprint density at radius 3 is 2.52 bits per heavy atom. The smallest absolute Gasteiger partial charge is 0.263 e. The summed E-state index contributed by atoms with van der Waals surface area (Å²) in [6.07, 6.45) is 1.76. The molecule has 0 atom stereocenters. The Morgan fingerprint density at radius 1 is 1.11 bits per heavy atom. The molecule has 0 unspecified atom stereocenters. The molecule has 0 bridgehead atoms. The first-order chi connectivity index (χ1) is 13.0. The number of aromatic nitrogens is 2. The molecule has 4 aromatic rings. The van der Waals surface area contributed by atoms with Crippen LogP contribution in [-0.2, 0) is 6.54 Å². The van der Waals surface area contributed by atoms with Crippen LogP contribution >= 0.6 is 22.9 Å². The van der Waals surface area contributed by atoms with E-state index in [0.717, 1.165) is 32.9 Å². The number of amides is 1. The van der Waals surface area contributed by atoms with Crippen molar-refractivity contribution in [2.75, 3.05) is 0 Å². The van der Waals surface area contributed by atoms with E-state index in [1.165, 1.54) is 11.3 Å². The monoisotopic (exact) mass is 395 g/mol. The Morgan fingerprint density at radius 2 is 1.81 bits per heavy atom. The van der Waals surface area contributed by atoms with Crippen molar-refractivity contribution in [3.8, 4) is 5.69 Å². The first-order valence-electron chi connectivity index (χ1n) is 8.60. The summed E-state index contributed by atoms with van der Waals surface area (Å²) >= 11 is 7.35. The van der Waals surface area contributed by atoms with Crippen molar-refractivity contribution < 1.29 is 4.79 Å². The Bertz CT molecular complexity index is 1110. The fourth-order valence-electron chi connectivity index (χ4n) is 3.18. The van der Waals surface area contributed by atoms with Gasteiger partial charge in [-0.3, -0.25) is 4.79 Å². The van der Waals surface area contributed by atoms with Gasteiger partial charge in [-0.2, -0.15) is 0 Å². The number of thiophene rings is 1. The summed E-state index contributed by atoms with van der Waals surface area (Å²) in [5.74, 6) is -0.101. The van der Waals surface area contributed by atoms with E-state index >= 15 is 0 Å². The molecule has 27 heavy (non-hydrogen) atoms. The topological polar surface area (TPSA) is 46.9 Å². The SMILES string of the molecule is Cc1ccc(C)n1-c1c(C(=O)NCc2ccc(Cl)cc2)sc2ncccc12. The minimum absolute atomic E-state index is 0.101. The van der Waals surface area contributed by atoms with Crippen LogP contribution in [0.1, 0.15) is 26.6 Å². The minimum Gasteiger partial charge on any atom is -0.347 e. The van der Waals surface area contributed by atoms with Crippen LogP contribution in [0.4, 0.5) is 0 Å². The van der Waals surface area contributed by atoms with Crippen molar-refractivity contribution in [3.63, 3.8) is 0 Å². The molecule has 0 aliphatic rings. The third kappa shape index (κ3) is 3.36. The molecule has 4 nitrogen and oxygen atoms in total. The molecule has 1 N–H and O–H groups in total. The van der Waals surface area contributed by atoms with Crippen LogP contribution in [0.15, 0.2) is 54.7 Å². The van der Waals surface area contributed by atoms with Gasteiger partial charge in [0, 0.05) is 34.5 Å². The number of aryl methyl sites for hydroxylation is 2. The van der Waals surface area contributed by atoms with E-state index in [4.69, 9.17) is 11.6 Å². The lowest BCUT2D eigenvalue weighted by atomic mass is 10.2. The Hall–Kier alpha value is -2.63. The maximum absolute atomic E-state index is 13.0. The lowest BCUT2D eigenvalue weighted by Gasteiger charge is -2.12. The highest BCUT2D eigenvalue weighted by atomic mass is 35.5. The fourth-order valence-corrected chi connectivity index (χ4v) is 4.35. The molecule has 0 fully saturated rings. The van der Waals surface area contributed by atoms with Crippen LogP contribution < -0.4 is 5.32 Å². The second kappa shape index (κ2) is 7.18. The molecule has 6 heteroatoms. The van der Waals surface area contributed by atoms with Gasteiger partial charge in [0.25, 0.3) is 5.91 Å². The minimum atomic E-state index is -0.101. The fraction of sp³-hybridized carbons (Fsp3) is 0.143. The zero-order valence-corrected chi connectivity index (χ0v) is 16.6. The number of benzene rings is 1. The van der Waals surface area contributed by atoms with Gasteiger partial charge in [-0.25, -0.2) is 4.98 Å². The summed E-state index contributed by atoms with van der Waals surface area (Å²) in [5, 5.41) is 4.69. The molecular formula is C21H18ClN3OS. The molecule has 4 rings (SSSR count). The van der Waals surface area contributed by atoms with Crippen molar-refractivity contribution in [2.24, 2.45) is 0 Å². The molecule has 3 heterocycles. The number of pyridine rings is 1. The summed E-state index contributed by atoms with van der Waals surface area (Å²) in [6, 6.07) is 15.5. The molecule has 0 aliphatic carbocycles. The molecule has 0 saturated heterocycles. The molecular weight excluding hydrogens is 378 g/mol. The van der Waals surface area contributed by atoms with Crippen molar-refractivity contribution in [2.45, 2.75) is 20.4 Å². The Kier molecular flexibility index (Phi) is 4.72. The van der Waals surface area contributed by atoms with E-state index in [0.29, 0.717) is 16.4 Å². The Labute approximate surface area is 166 Å². The van der Waals surface area contributed by atoms with E-state index in [-0.39, 0.29) is 5.91 Å². The average Bonchev–Trinajstić information content (AvgIpc) is 3.20. The highest BCUT2D eigenvalue weighted by Crippen LogP contribution is 2.34. The van der Waals surface area contributed by atoms with Gasteiger partial charge in [0.1, 0.15) is 9.71 Å². The summed E-state index contributed by atoms with van der Waals surface area (Å²) < 4.78 is 2.12. The molecule has 0 spiro atoms. The third-order valence-corrected chi connectivity index (χ3v) is 5.86. The van der Waals surface area contributed by atoms with E-state index in [1.807, 2.05) is 50.2 Å². The second-order valence-electron chi connectivity index (χ2n) is 6.40. The quantitative estimate of drug-likeness (QED) is 0.510. The zero-order chi connectivity index (χ0) is 19.0. The van der Waals surface area contributed by atoms with Crippen molar-refractivity contribution in [3.05, 3.63) is 81.6 Å². The predicted molar refractivity (Wildman–Crippen MR) is 111 cm³/mol. The highest BCUT2D eigenvalue weighted by Gasteiger charge is 2.22. The van der Waals surface area contributed by atoms with E-state index < -0.39 is 0 Å². The number of rotatable bonds is 4. The van der Waals surface area contributed by atoms with E-state index in [1.54, 1.807) is 6.20 Å². The highest BCUT2D eigenvalue weighted by molar-refractivity contribution is 7.21. The number of nitrogens with zero attached hydrogens (tertiary/aromatic N) is 2. The van der Waals surface area contributed by atoms with E-state index in [9.17, 15) is 4.79 Å². The van der Waals surface area contributed by atoms with Crippen molar-refractivity contribution in [1.29, 1.82) is 0 Å². The number of carbonyl (C=O) groups excluding carboxylic acids is 1. The van der Waals surface area contributed by atoms with E-state index in [2.05, 4.69) is 27.0 Å². The lowest BCUT2D eigenvalue weighted by Crippen LogP contribution is -2.23. The van der Waals surface area contributed by atoms with Gasteiger partial charge in [0.15, 0.2) is 0 Å². The number of halogens is 1. The van der Waals surface area contributed by atoms with Gasteiger partial charge in [-0.1, -0.05) is 23.7 Å². The number of nitrogens with one attached hydrogen (secondary N) is 1. The van der Waals surface area contributed by atoms with Crippen LogP contribution in [0.2, 0.25) is 5.02 Å². The van der Waals surface area contributed by atoms with Gasteiger partial charge in [-0.05, 0) is 55.8 Å². The first kappa shape index (κ1) is 17.8. The molecule has 136 valence electrons. The molecule has 0 aliphatic heterocycles. The normalized spacial score (nSPS) is 11.1. The van der Waals surface area contributed by atoms with Crippen molar-refractivity contribution in [1.82, 2.24) is 14.9 Å². The number of hydrogen-bond acceptors (Lipinski definition) is 3. The summed E-state index contributed by atoms with van der Waals surface area (Å²) in [4.78, 5) is 19.0. The number of fused-ring (bicyclic) bond motifs is 1. The average molecular weight is 396 g/mol. The maximum Gasteiger partial charge on any atom is 0.263 e. The first-order valence-corrected chi connectivity index (χ1v) is 9.79. The number of hydrogen-bond donors (Lipinski definition) is 1. The molecule has 1 amide bonds. The molecule has 3 aromatic heterocycles. The van der Waals surface area contributed by atoms with Gasteiger partial charge >= 0.3 is 0 Å². The summed E-state index contributed by atoms with van der Waals surface area (Å²) in [7, 11) is 0. The number of carbonyl (C=O) groups is 1. The van der Waals surface area contributed by atoms with Gasteiger partial charge in [-0.15, -0.1) is 11.3 Å². The molecule has 0 saturated carbocycles. The maximum atomic E-state index is 13.0. The zero-order valence-electron chi connectivity index (χ0n) is 15.0. The summed E-state index contributed by atoms with van der Waals surface area (Å²) in [5.41, 5.74) is 4.07. The third-order valence-electron chi connectivity index (χ3n) is 4.51. The molecule has 1 aromatic carbocycles.